The van der Waals surface area contributed by atoms with Crippen LogP contribution < -0.4 is 10.3 Å². The first-order chi connectivity index (χ1) is 14.2. The summed E-state index contributed by atoms with van der Waals surface area (Å²) in [5.41, 5.74) is 1.94. The molecule has 0 saturated heterocycles. The molecule has 1 aromatic carbocycles. The number of thiophene rings is 1. The second-order valence-corrected chi connectivity index (χ2v) is 9.02. The Morgan fingerprint density at radius 1 is 1.24 bits per heavy atom. The Hall–Kier alpha value is -2.58. The Morgan fingerprint density at radius 3 is 2.79 bits per heavy atom. The van der Waals surface area contributed by atoms with Gasteiger partial charge in [-0.15, -0.1) is 28.1 Å². The van der Waals surface area contributed by atoms with Gasteiger partial charge in [-0.2, -0.15) is 0 Å². The van der Waals surface area contributed by atoms with Crippen molar-refractivity contribution in [1.82, 2.24) is 19.2 Å². The van der Waals surface area contributed by atoms with Gasteiger partial charge in [-0.05, 0) is 55.5 Å². The van der Waals surface area contributed by atoms with Gasteiger partial charge in [-0.3, -0.25) is 4.79 Å². The highest BCUT2D eigenvalue weighted by molar-refractivity contribution is 7.99. The number of aromatic nitrogens is 4. The minimum atomic E-state index is -0.0234. The van der Waals surface area contributed by atoms with Gasteiger partial charge >= 0.3 is 0 Å². The van der Waals surface area contributed by atoms with Crippen LogP contribution in [0.15, 0.2) is 46.9 Å². The van der Waals surface area contributed by atoms with E-state index in [0.29, 0.717) is 5.78 Å². The zero-order valence-electron chi connectivity index (χ0n) is 16.1. The summed E-state index contributed by atoms with van der Waals surface area (Å²) < 4.78 is 8.99. The van der Waals surface area contributed by atoms with E-state index in [9.17, 15) is 4.79 Å². The van der Waals surface area contributed by atoms with E-state index in [0.717, 1.165) is 51.8 Å². The Balaban J connectivity index is 1.87. The van der Waals surface area contributed by atoms with E-state index in [1.54, 1.807) is 34.8 Å². The molecule has 3 heterocycles. The lowest BCUT2D eigenvalue weighted by Crippen LogP contribution is -2.22. The molecule has 0 saturated carbocycles. The molecule has 0 spiro atoms. The molecule has 5 rings (SSSR count). The van der Waals surface area contributed by atoms with Crippen LogP contribution in [0.3, 0.4) is 0 Å². The van der Waals surface area contributed by atoms with E-state index in [4.69, 9.17) is 4.74 Å². The lowest BCUT2D eigenvalue weighted by atomic mass is 9.97. The zero-order chi connectivity index (χ0) is 20.0. The highest BCUT2D eigenvalue weighted by Crippen LogP contribution is 2.36. The normalized spacial score (nSPS) is 13.7. The zero-order valence-corrected chi connectivity index (χ0v) is 17.7. The van der Waals surface area contributed by atoms with E-state index in [2.05, 4.69) is 16.8 Å². The van der Waals surface area contributed by atoms with Crippen molar-refractivity contribution in [3.63, 3.8) is 0 Å². The first-order valence-electron chi connectivity index (χ1n) is 9.55. The number of fused-ring (bicyclic) bond motifs is 5. The van der Waals surface area contributed by atoms with Gasteiger partial charge in [0.15, 0.2) is 5.16 Å². The van der Waals surface area contributed by atoms with Gasteiger partial charge in [0.2, 0.25) is 5.78 Å². The van der Waals surface area contributed by atoms with Crippen LogP contribution in [-0.4, -0.2) is 32.0 Å². The number of hydrogen-bond acceptors (Lipinski definition) is 6. The van der Waals surface area contributed by atoms with E-state index in [1.807, 2.05) is 34.7 Å². The topological polar surface area (TPSA) is 61.4 Å². The number of ether oxygens (including phenoxy) is 1. The molecule has 0 amide bonds. The fourth-order valence-corrected chi connectivity index (χ4v) is 6.01. The van der Waals surface area contributed by atoms with Crippen molar-refractivity contribution in [3.8, 4) is 11.4 Å². The average molecular weight is 425 g/mol. The molecule has 148 valence electrons. The highest BCUT2D eigenvalue weighted by atomic mass is 32.2. The van der Waals surface area contributed by atoms with E-state index < -0.39 is 0 Å². The molecule has 1 aliphatic carbocycles. The fraction of sp³-hybridized carbons (Fsp3) is 0.286. The Kier molecular flexibility index (Phi) is 4.67. The summed E-state index contributed by atoms with van der Waals surface area (Å²) in [6, 6.07) is 7.48. The van der Waals surface area contributed by atoms with Crippen LogP contribution in [0.4, 0.5) is 0 Å². The molecular weight excluding hydrogens is 404 g/mol. The van der Waals surface area contributed by atoms with Crippen LogP contribution in [0.25, 0.3) is 21.7 Å². The average Bonchev–Trinajstić information content (AvgIpc) is 3.34. The van der Waals surface area contributed by atoms with Crippen LogP contribution in [0, 0.1) is 0 Å². The molecule has 0 radical (unpaired) electrons. The Bertz CT molecular complexity index is 1280. The molecule has 0 bridgehead atoms. The molecule has 0 fully saturated rings. The summed E-state index contributed by atoms with van der Waals surface area (Å²) in [5.74, 6) is 2.02. The summed E-state index contributed by atoms with van der Waals surface area (Å²) in [6.45, 7) is 3.81. The van der Waals surface area contributed by atoms with Crippen molar-refractivity contribution in [2.45, 2.75) is 30.8 Å². The second-order valence-electron chi connectivity index (χ2n) is 6.95. The minimum Gasteiger partial charge on any atom is -0.497 e. The standard InChI is InChI=1S/C21H20N4O2S2/c1-3-12-28-21-23-22-20-24(13-8-10-14(27-2)11-9-13)18(26)17-15-6-4-5-7-16(15)29-19(17)25(20)21/h3,8-11H,1,4-7,12H2,2H3. The Labute approximate surface area is 175 Å². The van der Waals surface area contributed by atoms with Crippen molar-refractivity contribution >= 4 is 39.1 Å². The lowest BCUT2D eigenvalue weighted by Gasteiger charge is -2.12. The van der Waals surface area contributed by atoms with E-state index in [1.165, 1.54) is 16.9 Å². The third-order valence-electron chi connectivity index (χ3n) is 5.25. The summed E-state index contributed by atoms with van der Waals surface area (Å²) in [7, 11) is 1.63. The molecule has 4 aromatic rings. The van der Waals surface area contributed by atoms with Crippen LogP contribution in [0.2, 0.25) is 0 Å². The monoisotopic (exact) mass is 424 g/mol. The van der Waals surface area contributed by atoms with Crippen molar-refractivity contribution in [2.24, 2.45) is 0 Å². The van der Waals surface area contributed by atoms with Crippen molar-refractivity contribution in [2.75, 3.05) is 12.9 Å². The maximum Gasteiger partial charge on any atom is 0.268 e. The van der Waals surface area contributed by atoms with Gasteiger partial charge in [0, 0.05) is 10.6 Å². The lowest BCUT2D eigenvalue weighted by molar-refractivity contribution is 0.414. The molecule has 29 heavy (non-hydrogen) atoms. The van der Waals surface area contributed by atoms with Crippen molar-refractivity contribution in [1.29, 1.82) is 0 Å². The first kappa shape index (κ1) is 18.4. The predicted molar refractivity (Wildman–Crippen MR) is 118 cm³/mol. The largest absolute Gasteiger partial charge is 0.497 e. The molecule has 0 N–H and O–H groups in total. The van der Waals surface area contributed by atoms with Gasteiger partial charge < -0.3 is 4.74 Å². The summed E-state index contributed by atoms with van der Waals surface area (Å²) in [6.07, 6.45) is 6.14. The number of aryl methyl sites for hydroxylation is 2. The fourth-order valence-electron chi connectivity index (χ4n) is 3.91. The Morgan fingerprint density at radius 2 is 2.03 bits per heavy atom. The number of hydrogen-bond donors (Lipinski definition) is 0. The number of thioether (sulfide) groups is 1. The quantitative estimate of drug-likeness (QED) is 0.354. The molecular formula is C21H20N4O2S2. The summed E-state index contributed by atoms with van der Waals surface area (Å²) in [4.78, 5) is 16.0. The summed E-state index contributed by atoms with van der Waals surface area (Å²) in [5, 5.41) is 10.4. The molecule has 6 nitrogen and oxygen atoms in total. The predicted octanol–water partition coefficient (Wildman–Crippen LogP) is 4.26. The molecule has 1 aliphatic rings. The SMILES string of the molecule is C=CCSc1nnc2n(-c3ccc(OC)cc3)c(=O)c3c4c(sc3n12)CCCC4. The van der Waals surface area contributed by atoms with Gasteiger partial charge in [-0.25, -0.2) is 8.97 Å². The molecule has 0 unspecified atom stereocenters. The minimum absolute atomic E-state index is 0.0234. The first-order valence-corrected chi connectivity index (χ1v) is 11.4. The molecule has 8 heteroatoms. The van der Waals surface area contributed by atoms with Crippen LogP contribution in [0.1, 0.15) is 23.3 Å². The molecule has 0 aliphatic heterocycles. The maximum atomic E-state index is 13.7. The third kappa shape index (κ3) is 2.89. The third-order valence-corrected chi connectivity index (χ3v) is 7.45. The van der Waals surface area contributed by atoms with Gasteiger partial charge in [0.25, 0.3) is 5.56 Å². The van der Waals surface area contributed by atoms with Crippen LogP contribution in [0.5, 0.6) is 5.75 Å². The van der Waals surface area contributed by atoms with Crippen LogP contribution in [-0.2, 0) is 12.8 Å². The molecule has 3 aromatic heterocycles. The van der Waals surface area contributed by atoms with Crippen molar-refractivity contribution < 1.29 is 4.74 Å². The summed E-state index contributed by atoms with van der Waals surface area (Å²) >= 11 is 3.29. The number of benzene rings is 1. The molecule has 0 atom stereocenters. The highest BCUT2D eigenvalue weighted by Gasteiger charge is 2.25. The number of rotatable bonds is 5. The van der Waals surface area contributed by atoms with E-state index in [-0.39, 0.29) is 5.56 Å². The number of nitrogens with zero attached hydrogens (tertiary/aromatic N) is 4. The smallest absolute Gasteiger partial charge is 0.268 e. The van der Waals surface area contributed by atoms with Gasteiger partial charge in [0.1, 0.15) is 10.6 Å². The number of methoxy groups -OCH3 is 1. The second kappa shape index (κ2) is 7.35. The van der Waals surface area contributed by atoms with Gasteiger partial charge in [0.05, 0.1) is 18.2 Å². The maximum absolute atomic E-state index is 13.7. The van der Waals surface area contributed by atoms with Crippen LogP contribution >= 0.6 is 23.1 Å². The van der Waals surface area contributed by atoms with Gasteiger partial charge in [-0.1, -0.05) is 17.8 Å². The van der Waals surface area contributed by atoms with Crippen molar-refractivity contribution in [3.05, 3.63) is 57.7 Å². The van der Waals surface area contributed by atoms with E-state index >= 15 is 0 Å².